The van der Waals surface area contributed by atoms with Gasteiger partial charge in [0.15, 0.2) is 0 Å². The normalized spacial score (nSPS) is 36.3. The zero-order valence-corrected chi connectivity index (χ0v) is 6.69. The van der Waals surface area contributed by atoms with Crippen LogP contribution in [-0.2, 0) is 4.74 Å². The Bertz CT molecular complexity index is 97.1. The zero-order valence-electron chi connectivity index (χ0n) is 5.79. The van der Waals surface area contributed by atoms with Crippen molar-refractivity contribution >= 4 is 12.6 Å². The maximum absolute atomic E-state index is 5.14. The van der Waals surface area contributed by atoms with Crippen LogP contribution in [0.3, 0.4) is 0 Å². The Morgan fingerprint density at radius 1 is 1.78 bits per heavy atom. The van der Waals surface area contributed by atoms with E-state index in [2.05, 4.69) is 31.8 Å². The molecule has 0 spiro atoms. The summed E-state index contributed by atoms with van der Waals surface area (Å²) in [4.78, 5) is 0. The Hall–Kier alpha value is 0.270. The molecule has 1 saturated heterocycles. The molecule has 1 aliphatic rings. The molecular weight excluding hydrogens is 134 g/mol. The maximum atomic E-state index is 5.14. The van der Waals surface area contributed by atoms with Crippen molar-refractivity contribution in [3.8, 4) is 0 Å². The van der Waals surface area contributed by atoms with Crippen molar-refractivity contribution in [2.45, 2.75) is 32.2 Å². The van der Waals surface area contributed by atoms with Crippen molar-refractivity contribution in [2.24, 2.45) is 0 Å². The number of thiol groups is 1. The van der Waals surface area contributed by atoms with Gasteiger partial charge in [0, 0.05) is 11.8 Å². The summed E-state index contributed by atoms with van der Waals surface area (Å²) in [5.41, 5.74) is 0. The highest BCUT2D eigenvalue weighted by molar-refractivity contribution is 7.80. The van der Waals surface area contributed by atoms with Crippen molar-refractivity contribution in [1.29, 1.82) is 0 Å². The molecular formula is C6H13NOS. The highest BCUT2D eigenvalue weighted by atomic mass is 32.1. The molecule has 0 aromatic rings. The van der Waals surface area contributed by atoms with Crippen LogP contribution < -0.4 is 5.32 Å². The number of rotatable bonds is 3. The summed E-state index contributed by atoms with van der Waals surface area (Å²) in [7, 11) is 0. The molecule has 0 bridgehead atoms. The third-order valence-electron chi connectivity index (χ3n) is 1.43. The molecule has 1 fully saturated rings. The molecule has 1 aliphatic heterocycles. The minimum atomic E-state index is 0.298. The number of ether oxygens (including phenoxy) is 1. The van der Waals surface area contributed by atoms with Crippen molar-refractivity contribution in [3.63, 3.8) is 0 Å². The second-order valence-corrected chi connectivity index (χ2v) is 2.88. The Kier molecular flexibility index (Phi) is 2.38. The van der Waals surface area contributed by atoms with Crippen LogP contribution in [0.15, 0.2) is 0 Å². The second-order valence-electron chi connectivity index (χ2n) is 2.51. The molecule has 1 N–H and O–H groups in total. The molecule has 2 nitrogen and oxygen atoms in total. The van der Waals surface area contributed by atoms with Crippen LogP contribution in [0.25, 0.3) is 0 Å². The van der Waals surface area contributed by atoms with Gasteiger partial charge < -0.3 is 4.74 Å². The molecule has 0 aliphatic carbocycles. The van der Waals surface area contributed by atoms with Gasteiger partial charge in [-0.15, -0.1) is 0 Å². The van der Waals surface area contributed by atoms with E-state index >= 15 is 0 Å². The van der Waals surface area contributed by atoms with E-state index in [1.54, 1.807) is 0 Å². The number of hydrogen-bond donors (Lipinski definition) is 2. The first-order valence-electron chi connectivity index (χ1n) is 3.26. The fraction of sp³-hybridized carbons (Fsp3) is 1.00. The van der Waals surface area contributed by atoms with Gasteiger partial charge in [-0.25, -0.2) is 0 Å². The SMILES string of the molecule is CC(CS)NC1OC1C. The average molecular weight is 147 g/mol. The lowest BCUT2D eigenvalue weighted by Gasteiger charge is -2.06. The largest absolute Gasteiger partial charge is 0.354 e. The number of nitrogens with one attached hydrogen (secondary N) is 1. The van der Waals surface area contributed by atoms with Gasteiger partial charge in [-0.2, -0.15) is 12.6 Å². The first kappa shape index (κ1) is 7.38. The Labute approximate surface area is 61.4 Å². The summed E-state index contributed by atoms with van der Waals surface area (Å²) in [5, 5.41) is 3.25. The smallest absolute Gasteiger partial charge is 0.135 e. The van der Waals surface area contributed by atoms with Gasteiger partial charge in [0.25, 0.3) is 0 Å². The van der Waals surface area contributed by atoms with Gasteiger partial charge in [0.1, 0.15) is 6.23 Å². The molecule has 0 aromatic heterocycles. The third-order valence-corrected chi connectivity index (χ3v) is 1.98. The van der Waals surface area contributed by atoms with Gasteiger partial charge in [0.05, 0.1) is 6.10 Å². The highest BCUT2D eigenvalue weighted by Crippen LogP contribution is 2.17. The van der Waals surface area contributed by atoms with Gasteiger partial charge in [-0.05, 0) is 13.8 Å². The molecule has 0 saturated carbocycles. The van der Waals surface area contributed by atoms with E-state index in [1.165, 1.54) is 0 Å². The van der Waals surface area contributed by atoms with Gasteiger partial charge in [-0.1, -0.05) is 0 Å². The van der Waals surface area contributed by atoms with Crippen LogP contribution in [0.1, 0.15) is 13.8 Å². The van der Waals surface area contributed by atoms with Gasteiger partial charge in [0.2, 0.25) is 0 Å². The number of epoxide rings is 1. The Morgan fingerprint density at radius 2 is 2.33 bits per heavy atom. The van der Waals surface area contributed by atoms with Gasteiger partial charge in [-0.3, -0.25) is 5.32 Å². The predicted molar refractivity (Wildman–Crippen MR) is 40.8 cm³/mol. The summed E-state index contributed by atoms with van der Waals surface area (Å²) < 4.78 is 5.14. The molecule has 3 unspecified atom stereocenters. The quantitative estimate of drug-likeness (QED) is 0.452. The monoisotopic (exact) mass is 147 g/mol. The molecule has 9 heavy (non-hydrogen) atoms. The summed E-state index contributed by atoms with van der Waals surface area (Å²) in [6.07, 6.45) is 0.708. The summed E-state index contributed by atoms with van der Waals surface area (Å²) in [6.45, 7) is 4.16. The average Bonchev–Trinajstić information content (AvgIpc) is 2.47. The van der Waals surface area contributed by atoms with Crippen LogP contribution in [0.2, 0.25) is 0 Å². The minimum absolute atomic E-state index is 0.298. The molecule has 0 radical (unpaired) electrons. The molecule has 54 valence electrons. The fourth-order valence-corrected chi connectivity index (χ4v) is 0.799. The molecule has 0 amide bonds. The van der Waals surface area contributed by atoms with Crippen LogP contribution in [-0.4, -0.2) is 24.1 Å². The second kappa shape index (κ2) is 2.90. The Balaban J connectivity index is 2.05. The minimum Gasteiger partial charge on any atom is -0.354 e. The highest BCUT2D eigenvalue weighted by Gasteiger charge is 2.34. The van der Waals surface area contributed by atoms with E-state index in [-0.39, 0.29) is 0 Å². The Morgan fingerprint density at radius 3 is 2.67 bits per heavy atom. The lowest BCUT2D eigenvalue weighted by atomic mass is 10.3. The van der Waals surface area contributed by atoms with E-state index in [1.807, 2.05) is 0 Å². The molecule has 3 atom stereocenters. The van der Waals surface area contributed by atoms with Crippen molar-refractivity contribution in [3.05, 3.63) is 0 Å². The van der Waals surface area contributed by atoms with Crippen LogP contribution in [0.5, 0.6) is 0 Å². The topological polar surface area (TPSA) is 24.6 Å². The standard InChI is InChI=1S/C6H13NOS/c1-4(3-9)7-6-5(2)8-6/h4-7,9H,3H2,1-2H3. The molecule has 0 aromatic carbocycles. The van der Waals surface area contributed by atoms with Gasteiger partial charge >= 0.3 is 0 Å². The first-order chi connectivity index (χ1) is 4.24. The van der Waals surface area contributed by atoms with Crippen molar-refractivity contribution < 1.29 is 4.74 Å². The van der Waals surface area contributed by atoms with E-state index in [9.17, 15) is 0 Å². The molecule has 1 heterocycles. The lowest BCUT2D eigenvalue weighted by Crippen LogP contribution is -2.31. The predicted octanol–water partition coefficient (Wildman–Crippen LogP) is 0.639. The summed E-state index contributed by atoms with van der Waals surface area (Å²) >= 11 is 4.13. The van der Waals surface area contributed by atoms with Crippen LogP contribution >= 0.6 is 12.6 Å². The van der Waals surface area contributed by atoms with Crippen LogP contribution in [0, 0.1) is 0 Å². The van der Waals surface area contributed by atoms with E-state index in [0.717, 1.165) is 5.75 Å². The number of hydrogen-bond acceptors (Lipinski definition) is 3. The van der Waals surface area contributed by atoms with Crippen molar-refractivity contribution in [2.75, 3.05) is 5.75 Å². The summed E-state index contributed by atoms with van der Waals surface area (Å²) in [6, 6.07) is 0.461. The zero-order chi connectivity index (χ0) is 6.85. The third kappa shape index (κ3) is 2.16. The van der Waals surface area contributed by atoms with Crippen molar-refractivity contribution in [1.82, 2.24) is 5.32 Å². The fourth-order valence-electron chi connectivity index (χ4n) is 0.694. The van der Waals surface area contributed by atoms with E-state index in [0.29, 0.717) is 18.4 Å². The lowest BCUT2D eigenvalue weighted by molar-refractivity contribution is 0.339. The van der Waals surface area contributed by atoms with Crippen LogP contribution in [0.4, 0.5) is 0 Å². The molecule has 1 rings (SSSR count). The summed E-state index contributed by atoms with van der Waals surface area (Å²) in [5.74, 6) is 0.868. The van der Waals surface area contributed by atoms with E-state index in [4.69, 9.17) is 4.74 Å². The maximum Gasteiger partial charge on any atom is 0.135 e. The van der Waals surface area contributed by atoms with E-state index < -0.39 is 0 Å². The first-order valence-corrected chi connectivity index (χ1v) is 3.89. The molecule has 3 heteroatoms.